The molecule has 0 aliphatic carbocycles. The van der Waals surface area contributed by atoms with Gasteiger partial charge < -0.3 is 35.8 Å². The number of halogens is 1. The van der Waals surface area contributed by atoms with Gasteiger partial charge in [-0.15, -0.1) is 16.4 Å². The van der Waals surface area contributed by atoms with E-state index in [1.54, 1.807) is 29.7 Å². The van der Waals surface area contributed by atoms with Crippen LogP contribution in [0.4, 0.5) is 16.0 Å². The van der Waals surface area contributed by atoms with Crippen LogP contribution in [0.3, 0.4) is 0 Å². The number of pyridine rings is 1. The highest BCUT2D eigenvalue weighted by atomic mass is 32.1. The summed E-state index contributed by atoms with van der Waals surface area (Å²) in [6.07, 6.45) is 6.25. The monoisotopic (exact) mass is 1040 g/mol. The average Bonchev–Trinajstić information content (AvgIpc) is 4.24. The van der Waals surface area contributed by atoms with Crippen molar-refractivity contribution in [3.63, 3.8) is 0 Å². The van der Waals surface area contributed by atoms with Gasteiger partial charge in [0.15, 0.2) is 5.65 Å². The molecule has 7 heterocycles. The Hall–Kier alpha value is -6.83. The number of hydrogen-bond donors (Lipinski definition) is 4. The summed E-state index contributed by atoms with van der Waals surface area (Å²) in [7, 11) is 0. The summed E-state index contributed by atoms with van der Waals surface area (Å²) in [5, 5.41) is 24.6. The van der Waals surface area contributed by atoms with E-state index in [1.807, 2.05) is 98.4 Å². The zero-order chi connectivity index (χ0) is 52.6. The first-order valence-corrected chi connectivity index (χ1v) is 27.2. The summed E-state index contributed by atoms with van der Waals surface area (Å²) in [6, 6.07) is 22.9. The number of unbranched alkanes of at least 4 members (excludes halogenated alkanes) is 3. The van der Waals surface area contributed by atoms with Crippen molar-refractivity contribution < 1.29 is 28.7 Å². The Balaban J connectivity index is 0.672. The molecule has 0 bridgehead atoms. The Morgan fingerprint density at radius 2 is 1.65 bits per heavy atom. The summed E-state index contributed by atoms with van der Waals surface area (Å²) in [4.78, 5) is 76.9. The van der Waals surface area contributed by atoms with Crippen molar-refractivity contribution in [2.24, 2.45) is 5.41 Å². The highest BCUT2D eigenvalue weighted by Crippen LogP contribution is 2.36. The Bertz CT molecular complexity index is 2950. The number of carbonyl (C=O) groups excluding carboxylic acids is 4. The van der Waals surface area contributed by atoms with Gasteiger partial charge >= 0.3 is 0 Å². The number of aryl methyl sites for hydroxylation is 1. The lowest BCUT2D eigenvalue weighted by atomic mass is 9.85. The molecule has 0 radical (unpaired) electrons. The number of amides is 4. The fourth-order valence-electron chi connectivity index (χ4n) is 10.4. The van der Waals surface area contributed by atoms with Crippen molar-refractivity contribution in [1.29, 1.82) is 0 Å². The number of nitrogens with zero attached hydrogens (tertiary/aromatic N) is 9. The van der Waals surface area contributed by atoms with Crippen LogP contribution in [0, 0.1) is 18.2 Å². The molecule has 4 N–H and O–H groups in total. The smallest absolute Gasteiger partial charge is 0.246 e. The van der Waals surface area contributed by atoms with E-state index in [-0.39, 0.29) is 61.4 Å². The summed E-state index contributed by atoms with van der Waals surface area (Å²) >= 11 is 1.58. The molecule has 75 heavy (non-hydrogen) atoms. The van der Waals surface area contributed by atoms with E-state index in [0.717, 1.165) is 102 Å². The van der Waals surface area contributed by atoms with Crippen molar-refractivity contribution in [2.75, 3.05) is 62.2 Å². The standard InChI is InChI=1S/C56H69FN12O5S/c1-37-52(75-36-61-37)39-20-18-38(19-21-39)32-60-54(73)45-31-42(70)34-68(45)55(74)53(56(2,3)4)63-50(71)17-7-5-6-8-24-58-51(72)35-65-26-28-66(29-27-65)48-16-10-14-43(62-48)46-33-59-47-22-23-49(64-69(46)47)67-25-11-15-44(67)40-12-9-13-41(57)30-40/h9-10,12-14,16,18-23,30,33,36,42,44-45,53,70H,5-8,11,15,17,24-29,31-32,34-35H2,1-4H3,(H,58,72)(H,60,73)(H,63,71)/t42-,44-,45+,53?/m1/s1. The minimum absolute atomic E-state index is 0.0118. The third kappa shape index (κ3) is 13.0. The van der Waals surface area contributed by atoms with Gasteiger partial charge in [-0.2, -0.15) is 0 Å². The summed E-state index contributed by atoms with van der Waals surface area (Å²) in [5.41, 5.74) is 7.30. The molecule has 396 valence electrons. The Kier molecular flexibility index (Phi) is 16.8. The number of imidazole rings is 1. The lowest BCUT2D eigenvalue weighted by Crippen LogP contribution is -2.57. The number of aromatic nitrogens is 5. The number of benzene rings is 2. The predicted octanol–water partition coefficient (Wildman–Crippen LogP) is 6.70. The van der Waals surface area contributed by atoms with Crippen molar-refractivity contribution in [1.82, 2.24) is 50.3 Å². The zero-order valence-electron chi connectivity index (χ0n) is 43.4. The van der Waals surface area contributed by atoms with Crippen LogP contribution in [0.5, 0.6) is 0 Å². The molecule has 0 spiro atoms. The summed E-state index contributed by atoms with van der Waals surface area (Å²) in [6.45, 7) is 12.4. The van der Waals surface area contributed by atoms with E-state index in [2.05, 4.69) is 40.6 Å². The number of nitrogens with one attached hydrogen (secondary N) is 3. The average molecular weight is 1040 g/mol. The summed E-state index contributed by atoms with van der Waals surface area (Å²) in [5.74, 6) is 0.423. The van der Waals surface area contributed by atoms with Gasteiger partial charge in [0.2, 0.25) is 23.6 Å². The van der Waals surface area contributed by atoms with E-state index in [0.29, 0.717) is 38.2 Å². The van der Waals surface area contributed by atoms with E-state index in [4.69, 9.17) is 10.1 Å². The van der Waals surface area contributed by atoms with Crippen LogP contribution in [0.2, 0.25) is 0 Å². The number of rotatable bonds is 19. The molecule has 3 aliphatic heterocycles. The minimum atomic E-state index is -0.887. The van der Waals surface area contributed by atoms with Gasteiger partial charge in [-0.3, -0.25) is 24.1 Å². The summed E-state index contributed by atoms with van der Waals surface area (Å²) < 4.78 is 16.0. The second kappa shape index (κ2) is 23.8. The maximum atomic E-state index is 14.1. The topological polar surface area (TPSA) is 194 Å². The molecule has 3 fully saturated rings. The second-order valence-electron chi connectivity index (χ2n) is 21.1. The van der Waals surface area contributed by atoms with Crippen LogP contribution in [0.25, 0.3) is 27.5 Å². The molecule has 6 aromatic rings. The second-order valence-corrected chi connectivity index (χ2v) is 22.0. The van der Waals surface area contributed by atoms with Gasteiger partial charge in [0.1, 0.15) is 35.2 Å². The van der Waals surface area contributed by atoms with Crippen LogP contribution in [0.15, 0.2) is 90.6 Å². The van der Waals surface area contributed by atoms with Gasteiger partial charge in [-0.25, -0.2) is 23.9 Å². The molecule has 1 unspecified atom stereocenters. The third-order valence-corrected chi connectivity index (χ3v) is 15.5. The van der Waals surface area contributed by atoms with Crippen LogP contribution < -0.4 is 25.8 Å². The van der Waals surface area contributed by atoms with Crippen LogP contribution in [-0.2, 0) is 25.7 Å². The number of fused-ring (bicyclic) bond motifs is 1. The molecule has 9 rings (SSSR count). The Morgan fingerprint density at radius 1 is 0.867 bits per heavy atom. The van der Waals surface area contributed by atoms with Crippen molar-refractivity contribution >= 4 is 52.2 Å². The minimum Gasteiger partial charge on any atom is -0.391 e. The fourth-order valence-corrected chi connectivity index (χ4v) is 11.2. The first-order chi connectivity index (χ1) is 36.2. The molecule has 4 aromatic heterocycles. The number of anilines is 2. The zero-order valence-corrected chi connectivity index (χ0v) is 44.2. The van der Waals surface area contributed by atoms with Gasteiger partial charge in [-0.05, 0) is 91.1 Å². The number of aliphatic hydroxyl groups is 1. The maximum Gasteiger partial charge on any atom is 0.246 e. The van der Waals surface area contributed by atoms with E-state index >= 15 is 0 Å². The lowest BCUT2D eigenvalue weighted by molar-refractivity contribution is -0.144. The molecule has 19 heteroatoms. The highest BCUT2D eigenvalue weighted by molar-refractivity contribution is 7.13. The normalized spacial score (nSPS) is 18.6. The van der Waals surface area contributed by atoms with Crippen LogP contribution in [-0.4, -0.2) is 134 Å². The quantitative estimate of drug-likeness (QED) is 0.0629. The predicted molar refractivity (Wildman–Crippen MR) is 288 cm³/mol. The van der Waals surface area contributed by atoms with E-state index < -0.39 is 23.6 Å². The number of β-amino-alcohol motifs (C(OH)–C–C–N with tert-alkyl or cyclic N) is 1. The first-order valence-electron chi connectivity index (χ1n) is 26.3. The van der Waals surface area contributed by atoms with Crippen LogP contribution >= 0.6 is 11.3 Å². The van der Waals surface area contributed by atoms with Gasteiger partial charge in [-0.1, -0.05) is 76.1 Å². The number of aliphatic hydroxyl groups excluding tert-OH is 1. The number of piperazine rings is 1. The SMILES string of the molecule is Cc1ncsc1-c1ccc(CNC(=O)[C@@H]2C[C@@H](O)CN2C(=O)C(NC(=O)CCCCCCNC(=O)CN2CCN(c3cccc(-c4cnc5ccc(N6CCC[C@@H]6c6cccc(F)c6)nn45)n3)CC2)C(C)(C)C)cc1. The van der Waals surface area contributed by atoms with Crippen molar-refractivity contribution in [2.45, 2.75) is 110 Å². The molecule has 3 saturated heterocycles. The van der Waals surface area contributed by atoms with E-state index in [9.17, 15) is 28.7 Å². The number of hydrogen-bond acceptors (Lipinski definition) is 13. The maximum absolute atomic E-state index is 14.1. The molecular formula is C56H69FN12O5S. The molecular weight excluding hydrogens is 972 g/mol. The fraction of sp³-hybridized carbons (Fsp3) is 0.464. The van der Waals surface area contributed by atoms with Crippen LogP contribution in [0.1, 0.15) is 95.0 Å². The number of likely N-dealkylation sites (tertiary alicyclic amines) is 1. The Morgan fingerprint density at radius 3 is 2.41 bits per heavy atom. The molecule has 0 saturated carbocycles. The van der Waals surface area contributed by atoms with Crippen molar-refractivity contribution in [3.8, 4) is 21.8 Å². The number of carbonyl (C=O) groups is 4. The Labute approximate surface area is 441 Å². The van der Waals surface area contributed by atoms with Gasteiger partial charge in [0.25, 0.3) is 0 Å². The van der Waals surface area contributed by atoms with Crippen molar-refractivity contribution in [3.05, 3.63) is 113 Å². The first kappa shape index (κ1) is 53.0. The van der Waals surface area contributed by atoms with E-state index in [1.165, 1.54) is 11.0 Å². The largest absolute Gasteiger partial charge is 0.391 e. The molecule has 4 amide bonds. The van der Waals surface area contributed by atoms with Gasteiger partial charge in [0.05, 0.1) is 46.7 Å². The molecule has 3 aliphatic rings. The molecule has 2 aromatic carbocycles. The lowest BCUT2D eigenvalue weighted by Gasteiger charge is -2.35. The number of thiazole rings is 1. The van der Waals surface area contributed by atoms with Gasteiger partial charge in [0, 0.05) is 65.2 Å². The third-order valence-electron chi connectivity index (χ3n) is 14.6. The molecule has 17 nitrogen and oxygen atoms in total. The molecule has 4 atom stereocenters. The highest BCUT2D eigenvalue weighted by Gasteiger charge is 2.44.